The van der Waals surface area contributed by atoms with Gasteiger partial charge in [-0.05, 0) is 49.1 Å². The second-order valence-corrected chi connectivity index (χ2v) is 7.09. The van der Waals surface area contributed by atoms with E-state index in [1.54, 1.807) is 12.1 Å². The molecule has 1 aromatic heterocycles. The van der Waals surface area contributed by atoms with Crippen molar-refractivity contribution in [1.82, 2.24) is 9.97 Å². The maximum atomic E-state index is 13.4. The Kier molecular flexibility index (Phi) is 7.04. The zero-order valence-electron chi connectivity index (χ0n) is 17.6. The summed E-state index contributed by atoms with van der Waals surface area (Å²) >= 11 is 0. The summed E-state index contributed by atoms with van der Waals surface area (Å²) in [5.74, 6) is -3.17. The number of benzene rings is 2. The highest BCUT2D eigenvalue weighted by Gasteiger charge is 2.16. The minimum Gasteiger partial charge on any atom is -0.493 e. The molecule has 0 saturated heterocycles. The number of aliphatic hydroxyl groups is 1. The standard InChI is InChI=1S/C22H22F3N3O4/c1-11-6-18(31-2)19(32-3)10-16(11)27-22-26-13(9-20(30)28-22)4-5-17(29)12-7-14(23)21(25)15(24)8-12/h6-10,17,29H,4-5H2,1-3H3,(H2,26,27,28,30). The molecule has 0 saturated carbocycles. The van der Waals surface area contributed by atoms with E-state index < -0.39 is 29.1 Å². The van der Waals surface area contributed by atoms with E-state index in [4.69, 9.17) is 9.47 Å². The van der Waals surface area contributed by atoms with Gasteiger partial charge in [0.1, 0.15) is 0 Å². The molecule has 0 aliphatic rings. The van der Waals surface area contributed by atoms with Crippen molar-refractivity contribution in [2.75, 3.05) is 19.5 Å². The molecule has 1 atom stereocenters. The van der Waals surface area contributed by atoms with Gasteiger partial charge in [0, 0.05) is 23.5 Å². The summed E-state index contributed by atoms with van der Waals surface area (Å²) in [7, 11) is 3.03. The lowest BCUT2D eigenvalue weighted by Gasteiger charge is -2.14. The van der Waals surface area contributed by atoms with Crippen LogP contribution in [0.3, 0.4) is 0 Å². The Hall–Kier alpha value is -3.53. The number of aromatic amines is 1. The molecule has 0 bridgehead atoms. The minimum atomic E-state index is -1.60. The summed E-state index contributed by atoms with van der Waals surface area (Å²) in [5.41, 5.74) is 1.25. The van der Waals surface area contributed by atoms with Crippen LogP contribution in [0.5, 0.6) is 11.5 Å². The molecule has 0 amide bonds. The Morgan fingerprint density at radius 3 is 2.31 bits per heavy atom. The van der Waals surface area contributed by atoms with E-state index in [1.807, 2.05) is 6.92 Å². The number of anilines is 2. The van der Waals surface area contributed by atoms with Crippen LogP contribution in [0.1, 0.15) is 29.3 Å². The fraction of sp³-hybridized carbons (Fsp3) is 0.273. The summed E-state index contributed by atoms with van der Waals surface area (Å²) < 4.78 is 50.5. The average molecular weight is 449 g/mol. The molecule has 3 N–H and O–H groups in total. The SMILES string of the molecule is COc1cc(C)c(Nc2nc(CCC(O)c3cc(F)c(F)c(F)c3)cc(=O)[nH]2)cc1OC. The van der Waals surface area contributed by atoms with E-state index in [2.05, 4.69) is 15.3 Å². The average Bonchev–Trinajstić information content (AvgIpc) is 2.76. The molecule has 2 aromatic carbocycles. The number of hydrogen-bond acceptors (Lipinski definition) is 6. The van der Waals surface area contributed by atoms with E-state index in [-0.39, 0.29) is 24.4 Å². The molecule has 0 spiro atoms. The topological polar surface area (TPSA) is 96.5 Å². The van der Waals surface area contributed by atoms with Gasteiger partial charge in [-0.1, -0.05) is 0 Å². The maximum absolute atomic E-state index is 13.4. The maximum Gasteiger partial charge on any atom is 0.252 e. The molecule has 170 valence electrons. The van der Waals surface area contributed by atoms with Gasteiger partial charge in [0.15, 0.2) is 29.0 Å². The minimum absolute atomic E-state index is 0.00971. The van der Waals surface area contributed by atoms with Crippen molar-refractivity contribution in [3.05, 3.63) is 75.0 Å². The molecule has 1 unspecified atom stereocenters. The number of hydrogen-bond donors (Lipinski definition) is 3. The molecule has 10 heteroatoms. The number of aromatic nitrogens is 2. The number of aryl methyl sites for hydroxylation is 2. The molecule has 0 fully saturated rings. The van der Waals surface area contributed by atoms with E-state index in [1.165, 1.54) is 20.3 Å². The quantitative estimate of drug-likeness (QED) is 0.451. The molecule has 3 rings (SSSR count). The number of aliphatic hydroxyl groups excluding tert-OH is 1. The first-order valence-corrected chi connectivity index (χ1v) is 9.64. The van der Waals surface area contributed by atoms with Gasteiger partial charge in [-0.15, -0.1) is 0 Å². The number of nitrogens with one attached hydrogen (secondary N) is 2. The van der Waals surface area contributed by atoms with Crippen LogP contribution in [0.25, 0.3) is 0 Å². The van der Waals surface area contributed by atoms with E-state index in [0.717, 1.165) is 17.7 Å². The third-order valence-corrected chi connectivity index (χ3v) is 4.84. The Balaban J connectivity index is 1.77. The summed E-state index contributed by atoms with van der Waals surface area (Å²) in [6.45, 7) is 1.84. The van der Waals surface area contributed by atoms with Gasteiger partial charge in [0.05, 0.1) is 20.3 Å². The largest absolute Gasteiger partial charge is 0.493 e. The number of halogens is 3. The normalized spacial score (nSPS) is 11.8. The highest BCUT2D eigenvalue weighted by molar-refractivity contribution is 5.64. The van der Waals surface area contributed by atoms with Crippen LogP contribution in [0, 0.1) is 24.4 Å². The van der Waals surface area contributed by atoms with Crippen molar-refractivity contribution in [1.29, 1.82) is 0 Å². The van der Waals surface area contributed by atoms with Crippen LogP contribution in [-0.4, -0.2) is 29.3 Å². The highest BCUT2D eigenvalue weighted by atomic mass is 19.2. The Bertz CT molecular complexity index is 1160. The van der Waals surface area contributed by atoms with Gasteiger partial charge < -0.3 is 19.9 Å². The van der Waals surface area contributed by atoms with Gasteiger partial charge in [-0.2, -0.15) is 0 Å². The molecule has 32 heavy (non-hydrogen) atoms. The molecule has 0 aliphatic heterocycles. The van der Waals surface area contributed by atoms with Crippen LogP contribution in [0.2, 0.25) is 0 Å². The van der Waals surface area contributed by atoms with Gasteiger partial charge in [-0.25, -0.2) is 18.2 Å². The number of methoxy groups -OCH3 is 2. The Morgan fingerprint density at radius 1 is 1.06 bits per heavy atom. The molecule has 3 aromatic rings. The predicted octanol–water partition coefficient (Wildman–Crippen LogP) is 3.92. The summed E-state index contributed by atoms with van der Waals surface area (Å²) in [6.07, 6.45) is -1.13. The van der Waals surface area contributed by atoms with E-state index >= 15 is 0 Å². The van der Waals surface area contributed by atoms with Crippen molar-refractivity contribution in [3.8, 4) is 11.5 Å². The lowest BCUT2D eigenvalue weighted by molar-refractivity contribution is 0.166. The molecular weight excluding hydrogens is 427 g/mol. The van der Waals surface area contributed by atoms with Crippen LogP contribution in [-0.2, 0) is 6.42 Å². The highest BCUT2D eigenvalue weighted by Crippen LogP contribution is 2.33. The van der Waals surface area contributed by atoms with Crippen molar-refractivity contribution in [2.24, 2.45) is 0 Å². The summed E-state index contributed by atoms with van der Waals surface area (Å²) in [6, 6.07) is 6.19. The van der Waals surface area contributed by atoms with Gasteiger partial charge in [-0.3, -0.25) is 9.78 Å². The second kappa shape index (κ2) is 9.73. The van der Waals surface area contributed by atoms with Crippen LogP contribution < -0.4 is 20.3 Å². The smallest absolute Gasteiger partial charge is 0.252 e. The zero-order valence-corrected chi connectivity index (χ0v) is 17.6. The Labute approximate surface area is 181 Å². The molecule has 7 nitrogen and oxygen atoms in total. The van der Waals surface area contributed by atoms with Crippen LogP contribution in [0.15, 0.2) is 35.1 Å². The van der Waals surface area contributed by atoms with Crippen molar-refractivity contribution in [2.45, 2.75) is 25.9 Å². The van der Waals surface area contributed by atoms with Crippen molar-refractivity contribution in [3.63, 3.8) is 0 Å². The first kappa shape index (κ1) is 23.1. The van der Waals surface area contributed by atoms with Crippen molar-refractivity contribution < 1.29 is 27.8 Å². The first-order valence-electron chi connectivity index (χ1n) is 9.64. The number of nitrogens with zero attached hydrogens (tertiary/aromatic N) is 1. The van der Waals surface area contributed by atoms with Gasteiger partial charge in [0.2, 0.25) is 5.95 Å². The lowest BCUT2D eigenvalue weighted by atomic mass is 10.0. The predicted molar refractivity (Wildman–Crippen MR) is 112 cm³/mol. The number of rotatable bonds is 8. The molecule has 1 heterocycles. The number of ether oxygens (including phenoxy) is 2. The van der Waals surface area contributed by atoms with Crippen LogP contribution >= 0.6 is 0 Å². The summed E-state index contributed by atoms with van der Waals surface area (Å²) in [4.78, 5) is 19.0. The Morgan fingerprint density at radius 2 is 1.69 bits per heavy atom. The third-order valence-electron chi connectivity index (χ3n) is 4.84. The molecule has 0 radical (unpaired) electrons. The third kappa shape index (κ3) is 5.20. The fourth-order valence-corrected chi connectivity index (χ4v) is 3.16. The zero-order chi connectivity index (χ0) is 23.4. The summed E-state index contributed by atoms with van der Waals surface area (Å²) in [5, 5.41) is 13.2. The van der Waals surface area contributed by atoms with Crippen LogP contribution in [0.4, 0.5) is 24.8 Å². The van der Waals surface area contributed by atoms with E-state index in [9.17, 15) is 23.1 Å². The fourth-order valence-electron chi connectivity index (χ4n) is 3.16. The van der Waals surface area contributed by atoms with E-state index in [0.29, 0.717) is 22.9 Å². The molecular formula is C22H22F3N3O4. The first-order chi connectivity index (χ1) is 15.2. The number of H-pyrrole nitrogens is 1. The second-order valence-electron chi connectivity index (χ2n) is 7.09. The van der Waals surface area contributed by atoms with Gasteiger partial charge in [0.25, 0.3) is 5.56 Å². The lowest BCUT2D eigenvalue weighted by Crippen LogP contribution is -2.13. The molecule has 0 aliphatic carbocycles. The van der Waals surface area contributed by atoms with Crippen molar-refractivity contribution >= 4 is 11.6 Å². The monoisotopic (exact) mass is 449 g/mol. The van der Waals surface area contributed by atoms with Gasteiger partial charge >= 0.3 is 0 Å².